The first kappa shape index (κ1) is 18.9. The van der Waals surface area contributed by atoms with Crippen LogP contribution in [0.5, 0.6) is 5.75 Å². The van der Waals surface area contributed by atoms with E-state index in [2.05, 4.69) is 10.1 Å². The van der Waals surface area contributed by atoms with E-state index in [1.54, 1.807) is 18.2 Å². The van der Waals surface area contributed by atoms with Gasteiger partial charge in [0, 0.05) is 18.0 Å². The van der Waals surface area contributed by atoms with Gasteiger partial charge < -0.3 is 15.8 Å². The number of ether oxygens (including phenoxy) is 1. The Morgan fingerprint density at radius 3 is 2.40 bits per heavy atom. The Morgan fingerprint density at radius 2 is 1.76 bits per heavy atom. The van der Waals surface area contributed by atoms with Crippen LogP contribution in [0.15, 0.2) is 54.6 Å². The fourth-order valence-electron chi connectivity index (χ4n) is 2.64. The number of para-hydroxylation sites is 1. The highest BCUT2D eigenvalue weighted by molar-refractivity contribution is 5.77. The number of alkyl halides is 2. The molecule has 2 aromatic carbocycles. The molecule has 1 amide bonds. The molecule has 25 heavy (non-hydrogen) atoms. The molecule has 0 aliphatic heterocycles. The Bertz CT molecular complexity index is 680. The summed E-state index contributed by atoms with van der Waals surface area (Å²) >= 11 is 0. The number of nitrogens with one attached hydrogen (secondary N) is 1. The van der Waals surface area contributed by atoms with Crippen molar-refractivity contribution in [2.45, 2.75) is 38.5 Å². The minimum atomic E-state index is -2.92. The SMILES string of the molecule is CCC(NC(=O)CC(N)c1ccccc1)c1ccccc1OC(F)F. The maximum Gasteiger partial charge on any atom is 0.387 e. The minimum Gasteiger partial charge on any atom is -0.434 e. The predicted molar refractivity (Wildman–Crippen MR) is 92.2 cm³/mol. The van der Waals surface area contributed by atoms with E-state index in [4.69, 9.17) is 5.73 Å². The Morgan fingerprint density at radius 1 is 1.12 bits per heavy atom. The third kappa shape index (κ3) is 5.53. The molecule has 4 nitrogen and oxygen atoms in total. The quantitative estimate of drug-likeness (QED) is 0.759. The number of amides is 1. The van der Waals surface area contributed by atoms with Crippen LogP contribution in [0.25, 0.3) is 0 Å². The average Bonchev–Trinajstić information content (AvgIpc) is 2.60. The molecule has 0 spiro atoms. The van der Waals surface area contributed by atoms with Crippen molar-refractivity contribution in [2.75, 3.05) is 0 Å². The molecule has 0 aliphatic rings. The zero-order chi connectivity index (χ0) is 18.2. The molecular formula is C19H22F2N2O2. The molecule has 2 rings (SSSR count). The third-order valence-electron chi connectivity index (χ3n) is 3.89. The molecule has 0 aromatic heterocycles. The van der Waals surface area contributed by atoms with Gasteiger partial charge in [0.25, 0.3) is 0 Å². The van der Waals surface area contributed by atoms with Crippen molar-refractivity contribution in [3.63, 3.8) is 0 Å². The molecule has 0 fully saturated rings. The Hall–Kier alpha value is -2.47. The van der Waals surface area contributed by atoms with Gasteiger partial charge in [0.2, 0.25) is 5.91 Å². The molecule has 0 heterocycles. The number of carbonyl (C=O) groups is 1. The summed E-state index contributed by atoms with van der Waals surface area (Å²) in [6.07, 6.45) is 0.647. The van der Waals surface area contributed by atoms with Crippen molar-refractivity contribution in [1.29, 1.82) is 0 Å². The summed E-state index contributed by atoms with van der Waals surface area (Å²) in [4.78, 5) is 12.3. The van der Waals surface area contributed by atoms with E-state index < -0.39 is 18.7 Å². The normalized spacial score (nSPS) is 13.3. The van der Waals surface area contributed by atoms with Crippen molar-refractivity contribution in [3.05, 3.63) is 65.7 Å². The number of rotatable bonds is 8. The van der Waals surface area contributed by atoms with Gasteiger partial charge in [0.15, 0.2) is 0 Å². The molecule has 2 unspecified atom stereocenters. The maximum atomic E-state index is 12.6. The Kier molecular flexibility index (Phi) is 6.89. The second-order valence-corrected chi connectivity index (χ2v) is 5.67. The van der Waals surface area contributed by atoms with Gasteiger partial charge in [0.1, 0.15) is 5.75 Å². The molecule has 0 saturated carbocycles. The first-order valence-corrected chi connectivity index (χ1v) is 8.14. The highest BCUT2D eigenvalue weighted by Gasteiger charge is 2.20. The molecule has 0 radical (unpaired) electrons. The minimum absolute atomic E-state index is 0.0667. The van der Waals surface area contributed by atoms with E-state index in [0.29, 0.717) is 12.0 Å². The largest absolute Gasteiger partial charge is 0.434 e. The summed E-state index contributed by atoms with van der Waals surface area (Å²) in [6.45, 7) is -1.05. The Balaban J connectivity index is 2.05. The number of benzene rings is 2. The topological polar surface area (TPSA) is 64.4 Å². The molecule has 6 heteroatoms. The van der Waals surface area contributed by atoms with Crippen LogP contribution in [-0.4, -0.2) is 12.5 Å². The van der Waals surface area contributed by atoms with Gasteiger partial charge in [-0.15, -0.1) is 0 Å². The van der Waals surface area contributed by atoms with Gasteiger partial charge in [-0.25, -0.2) is 0 Å². The van der Waals surface area contributed by atoms with Gasteiger partial charge in [-0.05, 0) is 18.1 Å². The van der Waals surface area contributed by atoms with E-state index in [1.807, 2.05) is 37.3 Å². The van der Waals surface area contributed by atoms with Gasteiger partial charge >= 0.3 is 6.61 Å². The summed E-state index contributed by atoms with van der Waals surface area (Å²) in [5, 5.41) is 2.85. The zero-order valence-corrected chi connectivity index (χ0v) is 14.0. The fourth-order valence-corrected chi connectivity index (χ4v) is 2.64. The van der Waals surface area contributed by atoms with Crippen molar-refractivity contribution >= 4 is 5.91 Å². The molecular weight excluding hydrogens is 326 g/mol. The number of hydrogen-bond acceptors (Lipinski definition) is 3. The molecule has 3 N–H and O–H groups in total. The molecule has 0 saturated heterocycles. The fraction of sp³-hybridized carbons (Fsp3) is 0.316. The highest BCUT2D eigenvalue weighted by Crippen LogP contribution is 2.28. The lowest BCUT2D eigenvalue weighted by Gasteiger charge is -2.21. The van der Waals surface area contributed by atoms with E-state index in [1.165, 1.54) is 6.07 Å². The standard InChI is InChI=1S/C19H22F2N2O2/c1-2-16(14-10-6-7-11-17(14)25-19(20)21)23-18(24)12-15(22)13-8-4-3-5-9-13/h3-11,15-16,19H,2,12,22H2,1H3,(H,23,24). The van der Waals surface area contributed by atoms with Crippen LogP contribution >= 0.6 is 0 Å². The zero-order valence-electron chi connectivity index (χ0n) is 14.0. The van der Waals surface area contributed by atoms with Gasteiger partial charge in [-0.3, -0.25) is 4.79 Å². The van der Waals surface area contributed by atoms with Gasteiger partial charge in [0.05, 0.1) is 6.04 Å². The summed E-state index contributed by atoms with van der Waals surface area (Å²) in [5.74, 6) is -0.174. The average molecular weight is 348 g/mol. The predicted octanol–water partition coefficient (Wildman–Crippen LogP) is 3.95. The van der Waals surface area contributed by atoms with Crippen molar-refractivity contribution < 1.29 is 18.3 Å². The van der Waals surface area contributed by atoms with Crippen LogP contribution in [-0.2, 0) is 4.79 Å². The van der Waals surface area contributed by atoms with E-state index in [-0.39, 0.29) is 18.1 Å². The molecule has 2 atom stereocenters. The lowest BCUT2D eigenvalue weighted by molar-refractivity contribution is -0.122. The number of carbonyl (C=O) groups excluding carboxylic acids is 1. The van der Waals surface area contributed by atoms with Crippen LogP contribution in [0.3, 0.4) is 0 Å². The Labute approximate surface area is 146 Å². The summed E-state index contributed by atoms with van der Waals surface area (Å²) in [5.41, 5.74) is 7.45. The second kappa shape index (κ2) is 9.13. The molecule has 134 valence electrons. The monoisotopic (exact) mass is 348 g/mol. The third-order valence-corrected chi connectivity index (χ3v) is 3.89. The van der Waals surface area contributed by atoms with Crippen molar-refractivity contribution in [1.82, 2.24) is 5.32 Å². The maximum absolute atomic E-state index is 12.6. The van der Waals surface area contributed by atoms with Crippen molar-refractivity contribution in [3.8, 4) is 5.75 Å². The smallest absolute Gasteiger partial charge is 0.387 e. The molecule has 0 aliphatic carbocycles. The van der Waals surface area contributed by atoms with Crippen molar-refractivity contribution in [2.24, 2.45) is 5.73 Å². The summed E-state index contributed by atoms with van der Waals surface area (Å²) < 4.78 is 29.7. The number of hydrogen-bond donors (Lipinski definition) is 2. The lowest BCUT2D eigenvalue weighted by atomic mass is 10.0. The second-order valence-electron chi connectivity index (χ2n) is 5.67. The van der Waals surface area contributed by atoms with Crippen LogP contribution in [0.4, 0.5) is 8.78 Å². The van der Waals surface area contributed by atoms with Gasteiger partial charge in [-0.2, -0.15) is 8.78 Å². The number of halogens is 2. The first-order chi connectivity index (χ1) is 12.0. The van der Waals surface area contributed by atoms with Crippen LogP contribution < -0.4 is 15.8 Å². The van der Waals surface area contributed by atoms with Crippen LogP contribution in [0.1, 0.15) is 43.0 Å². The van der Waals surface area contributed by atoms with E-state index in [0.717, 1.165) is 5.56 Å². The van der Waals surface area contributed by atoms with E-state index in [9.17, 15) is 13.6 Å². The summed E-state index contributed by atoms with van der Waals surface area (Å²) in [6, 6.07) is 14.9. The summed E-state index contributed by atoms with van der Waals surface area (Å²) in [7, 11) is 0. The number of nitrogens with two attached hydrogens (primary N) is 1. The highest BCUT2D eigenvalue weighted by atomic mass is 19.3. The van der Waals surface area contributed by atoms with Crippen LogP contribution in [0.2, 0.25) is 0 Å². The van der Waals surface area contributed by atoms with Gasteiger partial charge in [-0.1, -0.05) is 55.5 Å². The lowest BCUT2D eigenvalue weighted by Crippen LogP contribution is -2.31. The van der Waals surface area contributed by atoms with E-state index >= 15 is 0 Å². The molecule has 2 aromatic rings. The first-order valence-electron chi connectivity index (χ1n) is 8.14. The molecule has 0 bridgehead atoms. The van der Waals surface area contributed by atoms with Crippen LogP contribution in [0, 0.1) is 0 Å².